The Morgan fingerprint density at radius 2 is 2.06 bits per heavy atom. The van der Waals surface area contributed by atoms with Crippen molar-refractivity contribution in [3.05, 3.63) is 28.8 Å². The number of aryl methyl sites for hydroxylation is 1. The standard InChI is InChI=1S/C12H17ClN2.2ClH/c1-9-3-4-11(7-12(9)13)15-6-5-14-8-10(15)2;;/h3-4,7,10,14H,5-6,8H2,1-2H3;2*1H. The van der Waals surface area contributed by atoms with Crippen LogP contribution in [0.3, 0.4) is 0 Å². The van der Waals surface area contributed by atoms with Crippen LogP contribution in [-0.2, 0) is 0 Å². The highest BCUT2D eigenvalue weighted by molar-refractivity contribution is 6.31. The van der Waals surface area contributed by atoms with E-state index in [1.165, 1.54) is 5.69 Å². The van der Waals surface area contributed by atoms with Gasteiger partial charge < -0.3 is 10.2 Å². The molecule has 5 heteroatoms. The summed E-state index contributed by atoms with van der Waals surface area (Å²) in [6, 6.07) is 6.85. The third kappa shape index (κ3) is 3.92. The summed E-state index contributed by atoms with van der Waals surface area (Å²) < 4.78 is 0. The van der Waals surface area contributed by atoms with E-state index in [4.69, 9.17) is 11.6 Å². The molecule has 1 heterocycles. The predicted octanol–water partition coefficient (Wildman–Crippen LogP) is 3.29. The summed E-state index contributed by atoms with van der Waals surface area (Å²) >= 11 is 6.14. The second-order valence-corrected chi connectivity index (χ2v) is 4.59. The van der Waals surface area contributed by atoms with E-state index in [1.807, 2.05) is 6.92 Å². The van der Waals surface area contributed by atoms with E-state index in [2.05, 4.69) is 35.3 Å². The monoisotopic (exact) mass is 296 g/mol. The fourth-order valence-corrected chi connectivity index (χ4v) is 2.16. The van der Waals surface area contributed by atoms with Crippen LogP contribution in [0.1, 0.15) is 12.5 Å². The number of nitrogens with zero attached hydrogens (tertiary/aromatic N) is 1. The van der Waals surface area contributed by atoms with Gasteiger partial charge in [-0.25, -0.2) is 0 Å². The van der Waals surface area contributed by atoms with Crippen molar-refractivity contribution < 1.29 is 0 Å². The maximum atomic E-state index is 6.14. The molecule has 1 aliphatic heterocycles. The Balaban J connectivity index is 0.00000128. The Morgan fingerprint density at radius 1 is 1.35 bits per heavy atom. The van der Waals surface area contributed by atoms with E-state index in [0.717, 1.165) is 30.2 Å². The van der Waals surface area contributed by atoms with Crippen molar-refractivity contribution in [1.82, 2.24) is 5.32 Å². The number of hydrogen-bond acceptors (Lipinski definition) is 2. The first-order chi connectivity index (χ1) is 7.18. The van der Waals surface area contributed by atoms with Crippen molar-refractivity contribution in [2.24, 2.45) is 0 Å². The van der Waals surface area contributed by atoms with Gasteiger partial charge in [-0.2, -0.15) is 0 Å². The summed E-state index contributed by atoms with van der Waals surface area (Å²) in [5, 5.41) is 4.25. The Bertz CT molecular complexity index is 358. The Morgan fingerprint density at radius 3 is 2.65 bits per heavy atom. The highest BCUT2D eigenvalue weighted by Crippen LogP contribution is 2.24. The molecule has 1 saturated heterocycles. The third-order valence-electron chi connectivity index (χ3n) is 2.99. The number of hydrogen-bond donors (Lipinski definition) is 1. The topological polar surface area (TPSA) is 15.3 Å². The molecule has 1 aromatic carbocycles. The number of halogens is 3. The van der Waals surface area contributed by atoms with Crippen LogP contribution in [0, 0.1) is 6.92 Å². The van der Waals surface area contributed by atoms with Gasteiger partial charge in [0.2, 0.25) is 0 Å². The molecule has 0 aromatic heterocycles. The lowest BCUT2D eigenvalue weighted by molar-refractivity contribution is 0.501. The van der Waals surface area contributed by atoms with E-state index in [1.54, 1.807) is 0 Å². The number of nitrogens with one attached hydrogen (secondary N) is 1. The lowest BCUT2D eigenvalue weighted by Gasteiger charge is -2.36. The van der Waals surface area contributed by atoms with E-state index < -0.39 is 0 Å². The number of rotatable bonds is 1. The van der Waals surface area contributed by atoms with Crippen molar-refractivity contribution in [3.63, 3.8) is 0 Å². The molecule has 2 nitrogen and oxygen atoms in total. The molecule has 1 atom stereocenters. The molecule has 98 valence electrons. The van der Waals surface area contributed by atoms with Gasteiger partial charge in [0.15, 0.2) is 0 Å². The van der Waals surface area contributed by atoms with Crippen LogP contribution in [0.2, 0.25) is 5.02 Å². The van der Waals surface area contributed by atoms with Crippen LogP contribution in [0.15, 0.2) is 18.2 Å². The molecule has 0 saturated carbocycles. The fraction of sp³-hybridized carbons (Fsp3) is 0.500. The molecule has 0 aliphatic carbocycles. The van der Waals surface area contributed by atoms with Crippen molar-refractivity contribution in [2.45, 2.75) is 19.9 Å². The minimum Gasteiger partial charge on any atom is -0.366 e. The van der Waals surface area contributed by atoms with Crippen molar-refractivity contribution >= 4 is 42.1 Å². The number of piperazine rings is 1. The molecule has 1 aromatic rings. The van der Waals surface area contributed by atoms with E-state index in [9.17, 15) is 0 Å². The second-order valence-electron chi connectivity index (χ2n) is 4.18. The van der Waals surface area contributed by atoms with Crippen LogP contribution in [0.25, 0.3) is 0 Å². The molecule has 1 unspecified atom stereocenters. The van der Waals surface area contributed by atoms with Crippen molar-refractivity contribution in [1.29, 1.82) is 0 Å². The largest absolute Gasteiger partial charge is 0.366 e. The van der Waals surface area contributed by atoms with Gasteiger partial charge in [-0.1, -0.05) is 17.7 Å². The quantitative estimate of drug-likeness (QED) is 0.856. The van der Waals surface area contributed by atoms with Gasteiger partial charge >= 0.3 is 0 Å². The third-order valence-corrected chi connectivity index (χ3v) is 3.40. The average Bonchev–Trinajstić information content (AvgIpc) is 2.23. The van der Waals surface area contributed by atoms with Gasteiger partial charge in [0.1, 0.15) is 0 Å². The highest BCUT2D eigenvalue weighted by Gasteiger charge is 2.18. The summed E-state index contributed by atoms with van der Waals surface area (Å²) in [5.41, 5.74) is 2.38. The second kappa shape index (κ2) is 7.32. The highest BCUT2D eigenvalue weighted by atomic mass is 35.5. The average molecular weight is 298 g/mol. The van der Waals surface area contributed by atoms with E-state index in [-0.39, 0.29) is 24.8 Å². The van der Waals surface area contributed by atoms with Gasteiger partial charge in [-0.3, -0.25) is 0 Å². The molecule has 1 aliphatic rings. The molecule has 0 amide bonds. The molecule has 0 radical (unpaired) electrons. The zero-order valence-electron chi connectivity index (χ0n) is 10.1. The van der Waals surface area contributed by atoms with Gasteiger partial charge in [0, 0.05) is 36.4 Å². The summed E-state index contributed by atoms with van der Waals surface area (Å²) in [6.07, 6.45) is 0. The van der Waals surface area contributed by atoms with Crippen molar-refractivity contribution in [3.8, 4) is 0 Å². The van der Waals surface area contributed by atoms with Crippen molar-refractivity contribution in [2.75, 3.05) is 24.5 Å². The molecule has 2 rings (SSSR count). The molecule has 0 bridgehead atoms. The van der Waals surface area contributed by atoms with E-state index in [0.29, 0.717) is 6.04 Å². The summed E-state index contributed by atoms with van der Waals surface area (Å²) in [7, 11) is 0. The first kappa shape index (κ1) is 16.9. The maximum absolute atomic E-state index is 6.14. The minimum absolute atomic E-state index is 0. The van der Waals surface area contributed by atoms with Crippen LogP contribution in [-0.4, -0.2) is 25.7 Å². The van der Waals surface area contributed by atoms with E-state index >= 15 is 0 Å². The number of benzene rings is 1. The SMILES string of the molecule is Cc1ccc(N2CCNCC2C)cc1Cl.Cl.Cl. The Kier molecular flexibility index (Phi) is 7.26. The lowest BCUT2D eigenvalue weighted by Crippen LogP contribution is -2.49. The predicted molar refractivity (Wildman–Crippen MR) is 80.4 cm³/mol. The molecule has 1 fully saturated rings. The minimum atomic E-state index is 0. The molecule has 17 heavy (non-hydrogen) atoms. The zero-order chi connectivity index (χ0) is 10.8. The number of anilines is 1. The van der Waals surface area contributed by atoms with Crippen LogP contribution < -0.4 is 10.2 Å². The smallest absolute Gasteiger partial charge is 0.0455 e. The zero-order valence-corrected chi connectivity index (χ0v) is 12.5. The molecular formula is C12H19Cl3N2. The first-order valence-electron chi connectivity index (χ1n) is 5.42. The summed E-state index contributed by atoms with van der Waals surface area (Å²) in [6.45, 7) is 7.43. The summed E-state index contributed by atoms with van der Waals surface area (Å²) in [5.74, 6) is 0. The van der Waals surface area contributed by atoms with Gasteiger partial charge in [-0.05, 0) is 31.5 Å². The molecule has 1 N–H and O–H groups in total. The normalized spacial score (nSPS) is 19.2. The van der Waals surface area contributed by atoms with Crippen LogP contribution in [0.4, 0.5) is 5.69 Å². The molecular weight excluding hydrogens is 279 g/mol. The van der Waals surface area contributed by atoms with Gasteiger partial charge in [-0.15, -0.1) is 24.8 Å². The van der Waals surface area contributed by atoms with Crippen LogP contribution in [0.5, 0.6) is 0 Å². The Hall–Kier alpha value is -0.150. The fourth-order valence-electron chi connectivity index (χ4n) is 1.99. The molecule has 0 spiro atoms. The first-order valence-corrected chi connectivity index (χ1v) is 5.80. The summed E-state index contributed by atoms with van der Waals surface area (Å²) in [4.78, 5) is 2.40. The van der Waals surface area contributed by atoms with Crippen LogP contribution >= 0.6 is 36.4 Å². The maximum Gasteiger partial charge on any atom is 0.0455 e. The lowest BCUT2D eigenvalue weighted by atomic mass is 10.1. The van der Waals surface area contributed by atoms with Gasteiger partial charge in [0.05, 0.1) is 0 Å². The van der Waals surface area contributed by atoms with Gasteiger partial charge in [0.25, 0.3) is 0 Å². The Labute approximate surface area is 121 Å².